The Balaban J connectivity index is 2.54. The van der Waals surface area contributed by atoms with E-state index >= 15 is 0 Å². The van der Waals surface area contributed by atoms with Gasteiger partial charge in [0.1, 0.15) is 6.20 Å². The topological polar surface area (TPSA) is 61.0 Å². The van der Waals surface area contributed by atoms with Crippen molar-refractivity contribution in [2.75, 3.05) is 0 Å². The molecule has 13 heavy (non-hydrogen) atoms. The van der Waals surface area contributed by atoms with Crippen molar-refractivity contribution in [2.24, 2.45) is 5.92 Å². The van der Waals surface area contributed by atoms with E-state index in [-0.39, 0.29) is 5.82 Å². The lowest BCUT2D eigenvalue weighted by molar-refractivity contribution is -0.389. The van der Waals surface area contributed by atoms with Crippen LogP contribution in [-0.4, -0.2) is 14.5 Å². The van der Waals surface area contributed by atoms with E-state index in [1.54, 1.807) is 4.57 Å². The molecule has 1 rings (SSSR count). The number of nitrogens with zero attached hydrogens (tertiary/aromatic N) is 3. The summed E-state index contributed by atoms with van der Waals surface area (Å²) in [5.74, 6) is 0.519. The highest BCUT2D eigenvalue weighted by Crippen LogP contribution is 2.08. The Kier molecular flexibility index (Phi) is 3.00. The summed E-state index contributed by atoms with van der Waals surface area (Å²) in [6.45, 7) is 5.02. The first kappa shape index (κ1) is 9.70. The summed E-state index contributed by atoms with van der Waals surface area (Å²) in [5, 5.41) is 10.3. The lowest BCUT2D eigenvalue weighted by Crippen LogP contribution is -1.98. The molecule has 0 aliphatic rings. The van der Waals surface area contributed by atoms with Gasteiger partial charge >= 0.3 is 5.82 Å². The monoisotopic (exact) mass is 183 g/mol. The molecule has 5 heteroatoms. The fourth-order valence-electron chi connectivity index (χ4n) is 0.972. The smallest absolute Gasteiger partial charge is 0.358 e. The van der Waals surface area contributed by atoms with Gasteiger partial charge in [0.05, 0.1) is 0 Å². The van der Waals surface area contributed by atoms with Gasteiger partial charge in [0.25, 0.3) is 0 Å². The van der Waals surface area contributed by atoms with E-state index in [2.05, 4.69) is 18.8 Å². The second kappa shape index (κ2) is 4.02. The molecule has 0 radical (unpaired) electrons. The van der Waals surface area contributed by atoms with E-state index in [4.69, 9.17) is 0 Å². The van der Waals surface area contributed by atoms with Crippen molar-refractivity contribution in [3.8, 4) is 0 Å². The molecule has 0 unspecified atom stereocenters. The number of imidazole rings is 1. The summed E-state index contributed by atoms with van der Waals surface area (Å²) in [4.78, 5) is 13.5. The molecule has 0 aromatic carbocycles. The molecule has 0 saturated heterocycles. The minimum absolute atomic E-state index is 0.0799. The van der Waals surface area contributed by atoms with Gasteiger partial charge in [-0.05, 0) is 22.2 Å². The normalized spacial score (nSPS) is 10.7. The van der Waals surface area contributed by atoms with Crippen LogP contribution < -0.4 is 0 Å². The molecule has 1 aromatic heterocycles. The van der Waals surface area contributed by atoms with Crippen molar-refractivity contribution in [1.29, 1.82) is 0 Å². The van der Waals surface area contributed by atoms with E-state index in [1.165, 1.54) is 12.5 Å². The van der Waals surface area contributed by atoms with Crippen LogP contribution in [0.15, 0.2) is 12.5 Å². The van der Waals surface area contributed by atoms with Gasteiger partial charge in [0.2, 0.25) is 6.33 Å². The van der Waals surface area contributed by atoms with E-state index in [0.29, 0.717) is 5.92 Å². The maximum absolute atomic E-state index is 10.3. The van der Waals surface area contributed by atoms with Gasteiger partial charge in [0, 0.05) is 6.54 Å². The molecule has 0 saturated carbocycles. The zero-order valence-corrected chi connectivity index (χ0v) is 7.80. The maximum atomic E-state index is 10.3. The lowest BCUT2D eigenvalue weighted by Gasteiger charge is -2.02. The highest BCUT2D eigenvalue weighted by atomic mass is 16.6. The van der Waals surface area contributed by atoms with Crippen LogP contribution >= 0.6 is 0 Å². The summed E-state index contributed by atoms with van der Waals surface area (Å²) in [6, 6.07) is 0. The largest absolute Gasteiger partial charge is 0.381 e. The van der Waals surface area contributed by atoms with Crippen LogP contribution in [0, 0.1) is 16.0 Å². The van der Waals surface area contributed by atoms with E-state index in [1.807, 2.05) is 0 Å². The second-order valence-electron chi connectivity index (χ2n) is 3.41. The average molecular weight is 183 g/mol. The molecule has 0 amide bonds. The molecule has 0 aliphatic heterocycles. The summed E-state index contributed by atoms with van der Waals surface area (Å²) < 4.78 is 1.75. The molecule has 0 N–H and O–H groups in total. The van der Waals surface area contributed by atoms with Gasteiger partial charge in [-0.3, -0.25) is 0 Å². The number of hydrogen-bond donors (Lipinski definition) is 0. The van der Waals surface area contributed by atoms with Crippen LogP contribution in [0.1, 0.15) is 20.3 Å². The van der Waals surface area contributed by atoms with Crippen molar-refractivity contribution in [3.05, 3.63) is 22.6 Å². The average Bonchev–Trinajstić information content (AvgIpc) is 2.48. The lowest BCUT2D eigenvalue weighted by atomic mass is 10.1. The van der Waals surface area contributed by atoms with Crippen LogP contribution in [0.3, 0.4) is 0 Å². The number of aryl methyl sites for hydroxylation is 1. The first-order chi connectivity index (χ1) is 6.09. The number of rotatable bonds is 4. The quantitative estimate of drug-likeness (QED) is 0.528. The Morgan fingerprint density at radius 2 is 2.38 bits per heavy atom. The standard InChI is InChI=1S/C8H13N3O2/c1-7(2)3-4-10-5-8(9-6-10)11(12)13/h5-7H,3-4H2,1-2H3. The van der Waals surface area contributed by atoms with Crippen molar-refractivity contribution in [1.82, 2.24) is 9.55 Å². The highest BCUT2D eigenvalue weighted by molar-refractivity contribution is 5.12. The van der Waals surface area contributed by atoms with Gasteiger partial charge in [-0.15, -0.1) is 0 Å². The van der Waals surface area contributed by atoms with Gasteiger partial charge in [-0.25, -0.2) is 0 Å². The van der Waals surface area contributed by atoms with Crippen molar-refractivity contribution >= 4 is 5.82 Å². The molecule has 1 aromatic rings. The molecular formula is C8H13N3O2. The van der Waals surface area contributed by atoms with Crippen molar-refractivity contribution < 1.29 is 4.92 Å². The fourth-order valence-corrected chi connectivity index (χ4v) is 0.972. The van der Waals surface area contributed by atoms with Gasteiger partial charge < -0.3 is 14.7 Å². The van der Waals surface area contributed by atoms with Crippen LogP contribution in [0.2, 0.25) is 0 Å². The SMILES string of the molecule is CC(C)CCn1cnc([N+](=O)[O-])c1. The Labute approximate surface area is 76.5 Å². The molecule has 0 fully saturated rings. The number of aromatic nitrogens is 2. The Bertz CT molecular complexity index is 293. The third-order valence-corrected chi connectivity index (χ3v) is 1.77. The predicted octanol–water partition coefficient (Wildman–Crippen LogP) is 1.84. The molecule has 5 nitrogen and oxygen atoms in total. The summed E-state index contributed by atoms with van der Waals surface area (Å²) in [7, 11) is 0. The third kappa shape index (κ3) is 2.85. The molecule has 72 valence electrons. The number of nitro groups is 1. The minimum atomic E-state index is -0.480. The summed E-state index contributed by atoms with van der Waals surface area (Å²) in [5.41, 5.74) is 0. The molecule has 0 bridgehead atoms. The Hall–Kier alpha value is -1.39. The maximum Gasteiger partial charge on any atom is 0.381 e. The summed E-state index contributed by atoms with van der Waals surface area (Å²) in [6.07, 6.45) is 3.97. The summed E-state index contributed by atoms with van der Waals surface area (Å²) >= 11 is 0. The van der Waals surface area contributed by atoms with E-state index in [0.717, 1.165) is 13.0 Å². The zero-order chi connectivity index (χ0) is 9.84. The first-order valence-electron chi connectivity index (χ1n) is 4.25. The molecular weight excluding hydrogens is 170 g/mol. The Morgan fingerprint density at radius 1 is 1.69 bits per heavy atom. The molecule has 1 heterocycles. The van der Waals surface area contributed by atoms with Crippen LogP contribution in [0.4, 0.5) is 5.82 Å². The van der Waals surface area contributed by atoms with Crippen LogP contribution in [0.5, 0.6) is 0 Å². The van der Waals surface area contributed by atoms with Crippen LogP contribution in [-0.2, 0) is 6.54 Å². The predicted molar refractivity (Wildman–Crippen MR) is 48.3 cm³/mol. The van der Waals surface area contributed by atoms with Gasteiger partial charge in [0.15, 0.2) is 0 Å². The number of hydrogen-bond acceptors (Lipinski definition) is 3. The molecule has 0 aliphatic carbocycles. The van der Waals surface area contributed by atoms with E-state index < -0.39 is 4.92 Å². The minimum Gasteiger partial charge on any atom is -0.358 e. The van der Waals surface area contributed by atoms with Crippen molar-refractivity contribution in [2.45, 2.75) is 26.8 Å². The second-order valence-corrected chi connectivity index (χ2v) is 3.41. The zero-order valence-electron chi connectivity index (χ0n) is 7.80. The fraction of sp³-hybridized carbons (Fsp3) is 0.625. The Morgan fingerprint density at radius 3 is 2.85 bits per heavy atom. The van der Waals surface area contributed by atoms with Crippen LogP contribution in [0.25, 0.3) is 0 Å². The van der Waals surface area contributed by atoms with Gasteiger partial charge in [-0.1, -0.05) is 13.8 Å². The van der Waals surface area contributed by atoms with Crippen molar-refractivity contribution in [3.63, 3.8) is 0 Å². The molecule has 0 atom stereocenters. The third-order valence-electron chi connectivity index (χ3n) is 1.77. The van der Waals surface area contributed by atoms with E-state index in [9.17, 15) is 10.1 Å². The first-order valence-corrected chi connectivity index (χ1v) is 4.25. The highest BCUT2D eigenvalue weighted by Gasteiger charge is 2.09. The molecule has 0 spiro atoms. The van der Waals surface area contributed by atoms with Gasteiger partial charge in [-0.2, -0.15) is 0 Å².